The van der Waals surface area contributed by atoms with E-state index in [2.05, 4.69) is 14.8 Å². The molecule has 1 amide bonds. The molecular weight excluding hydrogens is 448 g/mol. The minimum atomic E-state index is -0.624. The summed E-state index contributed by atoms with van der Waals surface area (Å²) in [4.78, 5) is 23.2. The average Bonchev–Trinajstić information content (AvgIpc) is 2.84. The van der Waals surface area contributed by atoms with Crippen molar-refractivity contribution in [2.45, 2.75) is 0 Å². The Hall–Kier alpha value is -3.79. The lowest BCUT2D eigenvalue weighted by molar-refractivity contribution is -0.135. The lowest BCUT2D eigenvalue weighted by Gasteiger charge is -2.13. The molecule has 176 valence electrons. The number of carbonyl (C=O) groups is 2. The third-order valence-electron chi connectivity index (χ3n) is 4.26. The predicted molar refractivity (Wildman–Crippen MR) is 129 cm³/mol. The molecule has 0 aliphatic rings. The van der Waals surface area contributed by atoms with Crippen LogP contribution in [0.25, 0.3) is 6.08 Å². The summed E-state index contributed by atoms with van der Waals surface area (Å²) in [5, 5.41) is 4.50. The molecule has 0 saturated carbocycles. The molecule has 0 aromatic heterocycles. The molecule has 0 fully saturated rings. The van der Waals surface area contributed by atoms with E-state index in [1.807, 2.05) is 11.5 Å². The number of carbonyl (C=O) groups excluding carboxylic acids is 2. The van der Waals surface area contributed by atoms with Crippen LogP contribution in [0.1, 0.15) is 5.56 Å². The fourth-order valence-corrected chi connectivity index (χ4v) is 3.19. The highest BCUT2D eigenvalue weighted by molar-refractivity contribution is 8.03. The molecule has 0 bridgehead atoms. The Bertz CT molecular complexity index is 1010. The summed E-state index contributed by atoms with van der Waals surface area (Å²) in [6, 6.07) is 8.76. The van der Waals surface area contributed by atoms with Crippen molar-refractivity contribution in [3.63, 3.8) is 0 Å². The van der Waals surface area contributed by atoms with E-state index in [0.717, 1.165) is 17.7 Å². The Kier molecular flexibility index (Phi) is 9.97. The highest BCUT2D eigenvalue weighted by Gasteiger charge is 2.11. The molecular formula is C23H26N2O7S. The smallest absolute Gasteiger partial charge is 0.330 e. The summed E-state index contributed by atoms with van der Waals surface area (Å²) >= 11 is 1.31. The first-order valence-electron chi connectivity index (χ1n) is 9.59. The first-order chi connectivity index (χ1) is 15.9. The van der Waals surface area contributed by atoms with Crippen molar-refractivity contribution in [3.8, 4) is 23.0 Å². The van der Waals surface area contributed by atoms with Crippen molar-refractivity contribution < 1.29 is 33.3 Å². The topological polar surface area (TPSA) is 104 Å². The lowest BCUT2D eigenvalue weighted by atomic mass is 10.1. The molecule has 0 spiro atoms. The molecule has 2 aromatic rings. The third kappa shape index (κ3) is 7.39. The average molecular weight is 475 g/mol. The van der Waals surface area contributed by atoms with Crippen molar-refractivity contribution in [1.29, 1.82) is 0 Å². The lowest BCUT2D eigenvalue weighted by Crippen LogP contribution is -2.10. The van der Waals surface area contributed by atoms with Gasteiger partial charge in [-0.25, -0.2) is 4.79 Å². The standard InChI is InChI=1S/C23H26N2O7S/c1-28-16-13-20(30-3)17(21(14-16)31-4)10-11-33-25-15-6-7-19(29-2)18(12-15)24-22(26)8-9-23(27)32-5/h6-14,25H,1-5H3,(H,24,26)/b9-8-,11-10+. The maximum absolute atomic E-state index is 12.1. The highest BCUT2D eigenvalue weighted by Crippen LogP contribution is 2.35. The second kappa shape index (κ2) is 12.9. The summed E-state index contributed by atoms with van der Waals surface area (Å²) < 4.78 is 29.0. The summed E-state index contributed by atoms with van der Waals surface area (Å²) in [7, 11) is 7.45. The van der Waals surface area contributed by atoms with E-state index in [1.54, 1.807) is 51.7 Å². The summed E-state index contributed by atoms with van der Waals surface area (Å²) in [6.45, 7) is 0. The SMILES string of the molecule is COC(=O)/C=C\C(=O)Nc1cc(NS/C=C/c2c(OC)cc(OC)cc2OC)ccc1OC. The van der Waals surface area contributed by atoms with E-state index in [1.165, 1.54) is 26.2 Å². The maximum atomic E-state index is 12.1. The van der Waals surface area contributed by atoms with Gasteiger partial charge in [-0.3, -0.25) is 4.79 Å². The third-order valence-corrected chi connectivity index (χ3v) is 4.89. The molecule has 0 saturated heterocycles. The number of anilines is 2. The molecule has 10 heteroatoms. The van der Waals surface area contributed by atoms with Crippen LogP contribution in [0.5, 0.6) is 23.0 Å². The molecule has 9 nitrogen and oxygen atoms in total. The molecule has 2 aromatic carbocycles. The molecule has 0 unspecified atom stereocenters. The van der Waals surface area contributed by atoms with Gasteiger partial charge in [0.2, 0.25) is 5.91 Å². The zero-order valence-electron chi connectivity index (χ0n) is 19.0. The van der Waals surface area contributed by atoms with Gasteiger partial charge in [-0.2, -0.15) is 0 Å². The number of amides is 1. The van der Waals surface area contributed by atoms with E-state index in [-0.39, 0.29) is 0 Å². The fourth-order valence-electron chi connectivity index (χ4n) is 2.66. The van der Waals surface area contributed by atoms with Gasteiger partial charge in [-0.1, -0.05) is 0 Å². The van der Waals surface area contributed by atoms with Gasteiger partial charge < -0.3 is 33.7 Å². The zero-order chi connectivity index (χ0) is 24.2. The van der Waals surface area contributed by atoms with Crippen LogP contribution in [0.4, 0.5) is 11.4 Å². The number of rotatable bonds is 11. The van der Waals surface area contributed by atoms with Gasteiger partial charge in [0, 0.05) is 30.0 Å². The molecule has 0 atom stereocenters. The minimum Gasteiger partial charge on any atom is -0.496 e. The quantitative estimate of drug-likeness (QED) is 0.283. The van der Waals surface area contributed by atoms with Crippen LogP contribution < -0.4 is 29.0 Å². The number of methoxy groups -OCH3 is 5. The van der Waals surface area contributed by atoms with Crippen molar-refractivity contribution in [2.75, 3.05) is 45.6 Å². The second-order valence-corrected chi connectivity index (χ2v) is 6.94. The molecule has 0 aliphatic carbocycles. The van der Waals surface area contributed by atoms with Crippen LogP contribution in [0.3, 0.4) is 0 Å². The van der Waals surface area contributed by atoms with Gasteiger partial charge in [-0.15, -0.1) is 0 Å². The summed E-state index contributed by atoms with van der Waals surface area (Å²) in [5.41, 5.74) is 1.91. The molecule has 33 heavy (non-hydrogen) atoms. The van der Waals surface area contributed by atoms with Crippen LogP contribution in [0.2, 0.25) is 0 Å². The van der Waals surface area contributed by atoms with Crippen LogP contribution in [0, 0.1) is 0 Å². The Morgan fingerprint density at radius 2 is 1.52 bits per heavy atom. The number of esters is 1. The van der Waals surface area contributed by atoms with Crippen LogP contribution in [-0.4, -0.2) is 47.4 Å². The van der Waals surface area contributed by atoms with E-state index in [4.69, 9.17) is 18.9 Å². The molecule has 2 N–H and O–H groups in total. The summed E-state index contributed by atoms with van der Waals surface area (Å²) in [6.07, 6.45) is 3.96. The Labute approximate surface area is 196 Å². The van der Waals surface area contributed by atoms with E-state index in [0.29, 0.717) is 34.4 Å². The number of benzene rings is 2. The van der Waals surface area contributed by atoms with Crippen molar-refractivity contribution in [3.05, 3.63) is 53.5 Å². The second-order valence-electron chi connectivity index (χ2n) is 6.23. The number of ether oxygens (including phenoxy) is 5. The van der Waals surface area contributed by atoms with Crippen LogP contribution in [0.15, 0.2) is 47.9 Å². The van der Waals surface area contributed by atoms with Crippen molar-refractivity contribution in [2.24, 2.45) is 0 Å². The van der Waals surface area contributed by atoms with Crippen LogP contribution >= 0.6 is 11.9 Å². The molecule has 0 aliphatic heterocycles. The maximum Gasteiger partial charge on any atom is 0.330 e. The van der Waals surface area contributed by atoms with E-state index in [9.17, 15) is 9.59 Å². The summed E-state index contributed by atoms with van der Waals surface area (Å²) in [5.74, 6) is 1.19. The van der Waals surface area contributed by atoms with E-state index >= 15 is 0 Å². The van der Waals surface area contributed by atoms with Gasteiger partial charge in [0.15, 0.2) is 0 Å². The van der Waals surface area contributed by atoms with Crippen LogP contribution in [-0.2, 0) is 14.3 Å². The highest BCUT2D eigenvalue weighted by atomic mass is 32.2. The molecule has 0 heterocycles. The normalized spacial score (nSPS) is 10.7. The first kappa shape index (κ1) is 25.5. The van der Waals surface area contributed by atoms with Crippen molar-refractivity contribution in [1.82, 2.24) is 0 Å². The number of hydrogen-bond donors (Lipinski definition) is 2. The Balaban J connectivity index is 2.11. The van der Waals surface area contributed by atoms with Gasteiger partial charge in [-0.05, 0) is 41.6 Å². The Morgan fingerprint density at radius 3 is 2.09 bits per heavy atom. The monoisotopic (exact) mass is 474 g/mol. The van der Waals surface area contributed by atoms with Gasteiger partial charge in [0.1, 0.15) is 23.0 Å². The fraction of sp³-hybridized carbons (Fsp3) is 0.217. The minimum absolute atomic E-state index is 0.435. The van der Waals surface area contributed by atoms with Gasteiger partial charge in [0.05, 0.1) is 46.8 Å². The van der Waals surface area contributed by atoms with Gasteiger partial charge in [0.25, 0.3) is 0 Å². The predicted octanol–water partition coefficient (Wildman–Crippen LogP) is 4.12. The largest absolute Gasteiger partial charge is 0.496 e. The molecule has 2 rings (SSSR count). The molecule has 0 radical (unpaired) electrons. The van der Waals surface area contributed by atoms with E-state index < -0.39 is 11.9 Å². The zero-order valence-corrected chi connectivity index (χ0v) is 19.8. The Morgan fingerprint density at radius 1 is 0.848 bits per heavy atom. The van der Waals surface area contributed by atoms with Gasteiger partial charge >= 0.3 is 5.97 Å². The first-order valence-corrected chi connectivity index (χ1v) is 10.5. The van der Waals surface area contributed by atoms with Crippen molar-refractivity contribution >= 4 is 41.3 Å². The number of hydrogen-bond acceptors (Lipinski definition) is 9. The number of nitrogens with one attached hydrogen (secondary N) is 2.